The molecule has 0 saturated carbocycles. The van der Waals surface area contributed by atoms with E-state index in [1.54, 1.807) is 41.3 Å². The molecule has 176 valence electrons. The second kappa shape index (κ2) is 10.4. The number of carbonyl (C=O) groups excluding carboxylic acids is 3. The number of phenolic OH excluding ortho intramolecular Hbond substituents is 1. The third kappa shape index (κ3) is 6.97. The number of nitrogens with one attached hydrogen (secondary N) is 1. The fourth-order valence-electron chi connectivity index (χ4n) is 3.47. The number of ether oxygens (including phenoxy) is 2. The molecule has 33 heavy (non-hydrogen) atoms. The maximum atomic E-state index is 12.6. The molecule has 8 heteroatoms. The third-order valence-corrected chi connectivity index (χ3v) is 5.13. The Hall–Kier alpha value is -3.55. The number of carbonyl (C=O) groups is 3. The Balaban J connectivity index is 1.53. The van der Waals surface area contributed by atoms with E-state index in [4.69, 9.17) is 9.47 Å². The summed E-state index contributed by atoms with van der Waals surface area (Å²) in [6.45, 7) is 6.51. The zero-order chi connectivity index (χ0) is 24.0. The number of benzene rings is 2. The lowest BCUT2D eigenvalue weighted by Gasteiger charge is -2.26. The predicted octanol–water partition coefficient (Wildman–Crippen LogP) is 4.59. The Kier molecular flexibility index (Phi) is 7.58. The first-order valence-electron chi connectivity index (χ1n) is 11.0. The molecule has 2 aromatic rings. The van der Waals surface area contributed by atoms with Crippen molar-refractivity contribution in [2.45, 2.75) is 51.7 Å². The predicted molar refractivity (Wildman–Crippen MR) is 123 cm³/mol. The number of phenols is 1. The highest BCUT2D eigenvalue weighted by Gasteiger charge is 2.26. The summed E-state index contributed by atoms with van der Waals surface area (Å²) in [6.07, 6.45) is 1.29. The summed E-state index contributed by atoms with van der Waals surface area (Å²) in [7, 11) is 0. The van der Waals surface area contributed by atoms with E-state index in [0.29, 0.717) is 43.6 Å². The maximum Gasteiger partial charge on any atom is 0.410 e. The van der Waals surface area contributed by atoms with Crippen LogP contribution in [-0.4, -0.2) is 52.8 Å². The third-order valence-electron chi connectivity index (χ3n) is 5.13. The van der Waals surface area contributed by atoms with Crippen LogP contribution in [0.1, 0.15) is 60.7 Å². The van der Waals surface area contributed by atoms with Crippen molar-refractivity contribution < 1.29 is 29.0 Å². The number of likely N-dealkylation sites (tertiary alicyclic amines) is 1. The van der Waals surface area contributed by atoms with E-state index < -0.39 is 17.5 Å². The SMILES string of the molecule is CC(C)(C)OC(=O)N1CCCC(OC(=O)c2ccc(NC(=O)c3ccccc3O)cc2)CC1. The highest BCUT2D eigenvalue weighted by molar-refractivity contribution is 6.06. The summed E-state index contributed by atoms with van der Waals surface area (Å²) in [5.74, 6) is -1.01. The topological polar surface area (TPSA) is 105 Å². The van der Waals surface area contributed by atoms with Gasteiger partial charge in [-0.25, -0.2) is 9.59 Å². The summed E-state index contributed by atoms with van der Waals surface area (Å²) < 4.78 is 11.1. The van der Waals surface area contributed by atoms with E-state index in [2.05, 4.69) is 5.32 Å². The molecule has 3 rings (SSSR count). The summed E-state index contributed by atoms with van der Waals surface area (Å²) >= 11 is 0. The average molecular weight is 455 g/mol. The van der Waals surface area contributed by atoms with E-state index in [0.717, 1.165) is 0 Å². The minimum absolute atomic E-state index is 0.108. The van der Waals surface area contributed by atoms with Crippen LogP contribution < -0.4 is 5.32 Å². The Morgan fingerprint density at radius 2 is 1.70 bits per heavy atom. The molecule has 2 N–H and O–H groups in total. The minimum atomic E-state index is -0.553. The zero-order valence-corrected chi connectivity index (χ0v) is 19.2. The first-order valence-corrected chi connectivity index (χ1v) is 11.0. The molecule has 0 radical (unpaired) electrons. The molecule has 0 aliphatic carbocycles. The Morgan fingerprint density at radius 1 is 1.00 bits per heavy atom. The number of amides is 2. The fraction of sp³-hybridized carbons (Fsp3) is 0.400. The van der Waals surface area contributed by atoms with Crippen molar-refractivity contribution in [2.75, 3.05) is 18.4 Å². The molecule has 1 heterocycles. The summed E-state index contributed by atoms with van der Waals surface area (Å²) in [4.78, 5) is 38.8. The molecular formula is C25H30N2O6. The molecule has 0 spiro atoms. The molecule has 0 aromatic heterocycles. The van der Waals surface area contributed by atoms with Crippen LogP contribution in [0.15, 0.2) is 48.5 Å². The summed E-state index contributed by atoms with van der Waals surface area (Å²) in [6, 6.07) is 12.6. The molecule has 1 fully saturated rings. The average Bonchev–Trinajstić information content (AvgIpc) is 2.99. The quantitative estimate of drug-likeness (QED) is 0.655. The van der Waals surface area contributed by atoms with Gasteiger partial charge in [0.15, 0.2) is 0 Å². The largest absolute Gasteiger partial charge is 0.507 e. The van der Waals surface area contributed by atoms with Gasteiger partial charge in [0.1, 0.15) is 17.5 Å². The molecule has 2 aromatic carbocycles. The van der Waals surface area contributed by atoms with Crippen LogP contribution in [0.3, 0.4) is 0 Å². The van der Waals surface area contributed by atoms with Crippen LogP contribution >= 0.6 is 0 Å². The van der Waals surface area contributed by atoms with Crippen molar-refractivity contribution in [3.63, 3.8) is 0 Å². The van der Waals surface area contributed by atoms with Gasteiger partial charge < -0.3 is 24.8 Å². The highest BCUT2D eigenvalue weighted by Crippen LogP contribution is 2.21. The minimum Gasteiger partial charge on any atom is -0.507 e. The van der Waals surface area contributed by atoms with Crippen molar-refractivity contribution in [3.8, 4) is 5.75 Å². The zero-order valence-electron chi connectivity index (χ0n) is 19.2. The van der Waals surface area contributed by atoms with Gasteiger partial charge >= 0.3 is 12.1 Å². The lowest BCUT2D eigenvalue weighted by Crippen LogP contribution is -2.37. The highest BCUT2D eigenvalue weighted by atomic mass is 16.6. The smallest absolute Gasteiger partial charge is 0.410 e. The summed E-state index contributed by atoms with van der Waals surface area (Å²) in [5, 5.41) is 12.5. The first kappa shape index (κ1) is 24.1. The molecule has 1 aliphatic heterocycles. The lowest BCUT2D eigenvalue weighted by molar-refractivity contribution is 0.0214. The molecule has 1 unspecified atom stereocenters. The number of para-hydroxylation sites is 1. The number of hydrogen-bond acceptors (Lipinski definition) is 6. The van der Waals surface area contributed by atoms with Gasteiger partial charge in [0.05, 0.1) is 11.1 Å². The van der Waals surface area contributed by atoms with E-state index in [-0.39, 0.29) is 23.5 Å². The van der Waals surface area contributed by atoms with E-state index >= 15 is 0 Å². The molecule has 1 aliphatic rings. The number of nitrogens with zero attached hydrogens (tertiary/aromatic N) is 1. The van der Waals surface area contributed by atoms with E-state index in [1.165, 1.54) is 12.1 Å². The Labute approximate surface area is 193 Å². The number of aromatic hydroxyl groups is 1. The number of esters is 1. The second-order valence-electron chi connectivity index (χ2n) is 8.97. The Morgan fingerprint density at radius 3 is 2.36 bits per heavy atom. The van der Waals surface area contributed by atoms with Crippen LogP contribution in [0.4, 0.5) is 10.5 Å². The van der Waals surface area contributed by atoms with Gasteiger partial charge in [0.2, 0.25) is 0 Å². The standard InChI is InChI=1S/C25H30N2O6/c1-25(2,3)33-24(31)27-15-6-7-19(14-16-27)32-23(30)17-10-12-18(13-11-17)26-22(29)20-8-4-5-9-21(20)28/h4-5,8-13,19,28H,6-7,14-16H2,1-3H3,(H,26,29). The van der Waals surface area contributed by atoms with Gasteiger partial charge in [-0.1, -0.05) is 12.1 Å². The Bertz CT molecular complexity index is 997. The van der Waals surface area contributed by atoms with Crippen molar-refractivity contribution in [1.29, 1.82) is 0 Å². The number of anilines is 1. The first-order chi connectivity index (χ1) is 15.6. The van der Waals surface area contributed by atoms with Gasteiger partial charge in [-0.15, -0.1) is 0 Å². The van der Waals surface area contributed by atoms with Crippen LogP contribution in [0.2, 0.25) is 0 Å². The lowest BCUT2D eigenvalue weighted by atomic mass is 10.1. The van der Waals surface area contributed by atoms with E-state index in [1.807, 2.05) is 20.8 Å². The van der Waals surface area contributed by atoms with Crippen molar-refractivity contribution in [2.24, 2.45) is 0 Å². The molecular weight excluding hydrogens is 424 g/mol. The van der Waals surface area contributed by atoms with Crippen LogP contribution in [0, 0.1) is 0 Å². The van der Waals surface area contributed by atoms with Crippen LogP contribution in [0.25, 0.3) is 0 Å². The monoisotopic (exact) mass is 454 g/mol. The molecule has 0 bridgehead atoms. The molecule has 2 amide bonds. The molecule has 1 saturated heterocycles. The van der Waals surface area contributed by atoms with Crippen molar-refractivity contribution in [3.05, 3.63) is 59.7 Å². The van der Waals surface area contributed by atoms with Gasteiger partial charge in [-0.3, -0.25) is 4.79 Å². The van der Waals surface area contributed by atoms with Crippen LogP contribution in [-0.2, 0) is 9.47 Å². The normalized spacial score (nSPS) is 16.5. The maximum absolute atomic E-state index is 12.6. The van der Waals surface area contributed by atoms with E-state index in [9.17, 15) is 19.5 Å². The van der Waals surface area contributed by atoms with Crippen LogP contribution in [0.5, 0.6) is 5.75 Å². The van der Waals surface area contributed by atoms with Gasteiger partial charge in [0.25, 0.3) is 5.91 Å². The second-order valence-corrected chi connectivity index (χ2v) is 8.97. The van der Waals surface area contributed by atoms with Gasteiger partial charge in [-0.05, 0) is 70.0 Å². The molecule has 1 atom stereocenters. The summed E-state index contributed by atoms with van der Waals surface area (Å²) in [5.41, 5.74) is 0.461. The number of rotatable bonds is 4. The number of hydrogen-bond donors (Lipinski definition) is 2. The van der Waals surface area contributed by atoms with Gasteiger partial charge in [0, 0.05) is 25.2 Å². The fourth-order valence-corrected chi connectivity index (χ4v) is 3.47. The van der Waals surface area contributed by atoms with Gasteiger partial charge in [-0.2, -0.15) is 0 Å². The molecule has 8 nitrogen and oxygen atoms in total. The van der Waals surface area contributed by atoms with Crippen molar-refractivity contribution >= 4 is 23.7 Å². The van der Waals surface area contributed by atoms with Crippen molar-refractivity contribution in [1.82, 2.24) is 4.90 Å².